The van der Waals surface area contributed by atoms with Crippen LogP contribution < -0.4 is 5.32 Å². The third-order valence-electron chi connectivity index (χ3n) is 3.57. The molecule has 0 aliphatic heterocycles. The molecule has 0 radical (unpaired) electrons. The summed E-state index contributed by atoms with van der Waals surface area (Å²) in [7, 11) is 0. The van der Waals surface area contributed by atoms with Gasteiger partial charge in [0.15, 0.2) is 5.78 Å². The van der Waals surface area contributed by atoms with Gasteiger partial charge in [-0.1, -0.05) is 29.3 Å². The lowest BCUT2D eigenvalue weighted by Gasteiger charge is -2.12. The summed E-state index contributed by atoms with van der Waals surface area (Å²) in [5, 5.41) is 3.02. The molecule has 3 rings (SSSR count). The third-order valence-corrected chi connectivity index (χ3v) is 4.39. The third kappa shape index (κ3) is 2.60. The maximum Gasteiger partial charge on any atom is 0.253 e. The van der Waals surface area contributed by atoms with Crippen molar-refractivity contribution in [2.75, 3.05) is 0 Å². The summed E-state index contributed by atoms with van der Waals surface area (Å²) in [5.41, 5.74) is 1.22. The summed E-state index contributed by atoms with van der Waals surface area (Å²) in [4.78, 5) is 24.5. The number of hydrogen-bond acceptors (Lipinski definition) is 2. The molecule has 2 aromatic rings. The first kappa shape index (κ1) is 15.0. The first-order chi connectivity index (χ1) is 10.5. The minimum atomic E-state index is -0.723. The molecule has 1 atom stereocenters. The average molecular weight is 338 g/mol. The van der Waals surface area contributed by atoms with E-state index in [9.17, 15) is 14.0 Å². The lowest BCUT2D eigenvalue weighted by atomic mass is 10.1. The van der Waals surface area contributed by atoms with Crippen LogP contribution in [-0.4, -0.2) is 17.7 Å². The fourth-order valence-corrected chi connectivity index (χ4v) is 2.89. The van der Waals surface area contributed by atoms with E-state index in [0.717, 1.165) is 0 Å². The SMILES string of the molecule is O=C(NC1Cc2cc(F)ccc2C1=O)c1cccc(Cl)c1Cl. The van der Waals surface area contributed by atoms with Gasteiger partial charge in [-0.15, -0.1) is 0 Å². The number of rotatable bonds is 2. The zero-order chi connectivity index (χ0) is 15.9. The minimum absolute atomic E-state index is 0.135. The number of amides is 1. The Kier molecular flexibility index (Phi) is 3.89. The summed E-state index contributed by atoms with van der Waals surface area (Å²) in [6, 6.07) is 7.95. The van der Waals surface area contributed by atoms with Gasteiger partial charge in [0, 0.05) is 12.0 Å². The molecule has 1 N–H and O–H groups in total. The number of benzene rings is 2. The number of hydrogen-bond donors (Lipinski definition) is 1. The van der Waals surface area contributed by atoms with Crippen molar-refractivity contribution in [3.8, 4) is 0 Å². The molecule has 0 heterocycles. The molecule has 1 amide bonds. The number of nitrogens with one attached hydrogen (secondary N) is 1. The van der Waals surface area contributed by atoms with Crippen LogP contribution >= 0.6 is 23.2 Å². The van der Waals surface area contributed by atoms with Crippen LogP contribution in [0.2, 0.25) is 10.0 Å². The summed E-state index contributed by atoms with van der Waals surface area (Å²) < 4.78 is 13.2. The van der Waals surface area contributed by atoms with E-state index in [1.807, 2.05) is 0 Å². The Bertz CT molecular complexity index is 792. The van der Waals surface area contributed by atoms with E-state index in [0.29, 0.717) is 11.1 Å². The first-order valence-corrected chi connectivity index (χ1v) is 7.30. The van der Waals surface area contributed by atoms with Crippen molar-refractivity contribution >= 4 is 34.9 Å². The summed E-state index contributed by atoms with van der Waals surface area (Å²) >= 11 is 11.9. The van der Waals surface area contributed by atoms with E-state index in [2.05, 4.69) is 5.32 Å². The van der Waals surface area contributed by atoms with Gasteiger partial charge >= 0.3 is 0 Å². The molecule has 1 aliphatic carbocycles. The Balaban J connectivity index is 1.82. The first-order valence-electron chi connectivity index (χ1n) is 6.55. The normalized spacial score (nSPS) is 16.5. The number of carbonyl (C=O) groups is 2. The maximum atomic E-state index is 13.2. The standard InChI is InChI=1S/C16H10Cl2FNO2/c17-12-3-1-2-11(14(12)18)16(22)20-13-7-8-6-9(19)4-5-10(8)15(13)21/h1-6,13H,7H2,(H,20,22). The van der Waals surface area contributed by atoms with E-state index < -0.39 is 17.8 Å². The molecule has 1 unspecified atom stereocenters. The van der Waals surface area contributed by atoms with Crippen LogP contribution in [0.25, 0.3) is 0 Å². The van der Waals surface area contributed by atoms with E-state index in [4.69, 9.17) is 23.2 Å². The number of fused-ring (bicyclic) bond motifs is 1. The van der Waals surface area contributed by atoms with Gasteiger partial charge in [-0.05, 0) is 35.9 Å². The molecule has 0 fully saturated rings. The number of Topliss-reactive ketones (excluding diaryl/α,β-unsaturated/α-hetero) is 1. The molecule has 0 aromatic heterocycles. The van der Waals surface area contributed by atoms with Crippen molar-refractivity contribution < 1.29 is 14.0 Å². The van der Waals surface area contributed by atoms with Gasteiger partial charge in [0.1, 0.15) is 5.82 Å². The zero-order valence-corrected chi connectivity index (χ0v) is 12.7. The van der Waals surface area contributed by atoms with Crippen LogP contribution in [0, 0.1) is 5.82 Å². The molecule has 0 saturated carbocycles. The van der Waals surface area contributed by atoms with Crippen molar-refractivity contribution in [3.05, 3.63) is 69.0 Å². The van der Waals surface area contributed by atoms with Crippen molar-refractivity contribution in [2.45, 2.75) is 12.5 Å². The van der Waals surface area contributed by atoms with Crippen molar-refractivity contribution in [2.24, 2.45) is 0 Å². The van der Waals surface area contributed by atoms with Gasteiger partial charge in [0.05, 0.1) is 21.7 Å². The predicted molar refractivity (Wildman–Crippen MR) is 82.2 cm³/mol. The van der Waals surface area contributed by atoms with Gasteiger partial charge < -0.3 is 5.32 Å². The molecule has 0 bridgehead atoms. The van der Waals surface area contributed by atoms with Crippen molar-refractivity contribution in [3.63, 3.8) is 0 Å². The molecule has 22 heavy (non-hydrogen) atoms. The minimum Gasteiger partial charge on any atom is -0.341 e. The zero-order valence-electron chi connectivity index (χ0n) is 11.2. The Hall–Kier alpha value is -1.91. The van der Waals surface area contributed by atoms with Crippen LogP contribution in [0.1, 0.15) is 26.3 Å². The topological polar surface area (TPSA) is 46.2 Å². The van der Waals surface area contributed by atoms with E-state index in [-0.39, 0.29) is 27.8 Å². The molecule has 2 aromatic carbocycles. The van der Waals surface area contributed by atoms with Crippen LogP contribution in [0.5, 0.6) is 0 Å². The quantitative estimate of drug-likeness (QED) is 0.908. The summed E-state index contributed by atoms with van der Waals surface area (Å²) in [6.07, 6.45) is 0.260. The van der Waals surface area contributed by atoms with E-state index in [1.165, 1.54) is 24.3 Å². The van der Waals surface area contributed by atoms with Gasteiger partial charge in [-0.25, -0.2) is 4.39 Å². The fourth-order valence-electron chi connectivity index (χ4n) is 2.50. The van der Waals surface area contributed by atoms with E-state index in [1.54, 1.807) is 12.1 Å². The smallest absolute Gasteiger partial charge is 0.253 e. The Morgan fingerprint density at radius 3 is 2.77 bits per heavy atom. The second-order valence-electron chi connectivity index (χ2n) is 5.00. The second kappa shape index (κ2) is 5.71. The van der Waals surface area contributed by atoms with Gasteiger partial charge in [-0.2, -0.15) is 0 Å². The molecule has 1 aliphatic rings. The summed E-state index contributed by atoms with van der Waals surface area (Å²) in [5.74, 6) is -1.13. The van der Waals surface area contributed by atoms with Crippen LogP contribution in [-0.2, 0) is 6.42 Å². The van der Waals surface area contributed by atoms with E-state index >= 15 is 0 Å². The van der Waals surface area contributed by atoms with Gasteiger partial charge in [-0.3, -0.25) is 9.59 Å². The van der Waals surface area contributed by atoms with Crippen LogP contribution in [0.15, 0.2) is 36.4 Å². The number of ketones is 1. The molecular formula is C16H10Cl2FNO2. The maximum absolute atomic E-state index is 13.2. The van der Waals surface area contributed by atoms with Gasteiger partial charge in [0.25, 0.3) is 5.91 Å². The fraction of sp³-hybridized carbons (Fsp3) is 0.125. The molecule has 3 nitrogen and oxygen atoms in total. The number of halogens is 3. The van der Waals surface area contributed by atoms with Gasteiger partial charge in [0.2, 0.25) is 0 Å². The second-order valence-corrected chi connectivity index (χ2v) is 5.78. The van der Waals surface area contributed by atoms with Crippen LogP contribution in [0.4, 0.5) is 4.39 Å². The van der Waals surface area contributed by atoms with Crippen LogP contribution in [0.3, 0.4) is 0 Å². The lowest BCUT2D eigenvalue weighted by Crippen LogP contribution is -2.39. The Morgan fingerprint density at radius 2 is 2.00 bits per heavy atom. The highest BCUT2D eigenvalue weighted by atomic mass is 35.5. The summed E-state index contributed by atoms with van der Waals surface area (Å²) in [6.45, 7) is 0. The molecule has 6 heteroatoms. The highest BCUT2D eigenvalue weighted by molar-refractivity contribution is 6.43. The van der Waals surface area contributed by atoms with Crippen molar-refractivity contribution in [1.82, 2.24) is 5.32 Å². The monoisotopic (exact) mass is 337 g/mol. The van der Waals surface area contributed by atoms with Crippen molar-refractivity contribution in [1.29, 1.82) is 0 Å². The predicted octanol–water partition coefficient (Wildman–Crippen LogP) is 3.67. The highest BCUT2D eigenvalue weighted by Crippen LogP contribution is 2.27. The lowest BCUT2D eigenvalue weighted by molar-refractivity contribution is 0.0868. The Labute approximate surface area is 136 Å². The Morgan fingerprint density at radius 1 is 1.23 bits per heavy atom. The molecular weight excluding hydrogens is 328 g/mol. The molecule has 0 saturated heterocycles. The average Bonchev–Trinajstić information content (AvgIpc) is 2.77. The molecule has 112 valence electrons. The number of carbonyl (C=O) groups excluding carboxylic acids is 2. The molecule has 0 spiro atoms. The largest absolute Gasteiger partial charge is 0.341 e. The highest BCUT2D eigenvalue weighted by Gasteiger charge is 2.32.